The predicted octanol–water partition coefficient (Wildman–Crippen LogP) is 4.35. The molecule has 2 aliphatic carbocycles. The maximum atomic E-state index is 2.44. The highest BCUT2D eigenvalue weighted by Gasteiger charge is 2.48. The minimum Gasteiger partial charge on any atom is -0.0625 e. The largest absolute Gasteiger partial charge is 0.0625 e. The summed E-state index contributed by atoms with van der Waals surface area (Å²) < 4.78 is 0. The van der Waals surface area contributed by atoms with E-state index in [1.54, 1.807) is 19.3 Å². The average Bonchev–Trinajstić information content (AvgIpc) is 1.89. The van der Waals surface area contributed by atoms with Crippen molar-refractivity contribution in [3.05, 3.63) is 0 Å². The van der Waals surface area contributed by atoms with Gasteiger partial charge in [-0.1, -0.05) is 47.0 Å². The van der Waals surface area contributed by atoms with E-state index in [0.717, 1.165) is 35.5 Å². The van der Waals surface area contributed by atoms with Crippen molar-refractivity contribution >= 4 is 0 Å². The molecule has 0 saturated heterocycles. The lowest BCUT2D eigenvalue weighted by atomic mass is 9.50. The van der Waals surface area contributed by atoms with Gasteiger partial charge in [0.05, 0.1) is 0 Å². The van der Waals surface area contributed by atoms with Crippen molar-refractivity contribution in [1.29, 1.82) is 0 Å². The van der Waals surface area contributed by atoms with E-state index < -0.39 is 0 Å². The first-order chi connectivity index (χ1) is 6.61. The first-order valence-electron chi connectivity index (χ1n) is 6.61. The van der Waals surface area contributed by atoms with Gasteiger partial charge in [0.1, 0.15) is 0 Å². The fraction of sp³-hybridized carbons (Fsp3) is 1.00. The first kappa shape index (κ1) is 10.5. The van der Waals surface area contributed by atoms with Crippen LogP contribution < -0.4 is 0 Å². The quantitative estimate of drug-likeness (QED) is 0.626. The van der Waals surface area contributed by atoms with Gasteiger partial charge in [0.15, 0.2) is 0 Å². The third-order valence-corrected chi connectivity index (χ3v) is 4.91. The van der Waals surface area contributed by atoms with Crippen LogP contribution in [0.15, 0.2) is 0 Å². The Kier molecular flexibility index (Phi) is 2.91. The molecule has 2 saturated carbocycles. The Balaban J connectivity index is 1.95. The minimum atomic E-state index is 0.915. The molecule has 0 aromatic carbocycles. The van der Waals surface area contributed by atoms with Crippen LogP contribution in [0.4, 0.5) is 0 Å². The summed E-state index contributed by atoms with van der Waals surface area (Å²) in [6.45, 7) is 9.70. The minimum absolute atomic E-state index is 0.915. The second-order valence-electron chi connectivity index (χ2n) is 6.32. The Labute approximate surface area is 89.5 Å². The molecule has 0 radical (unpaired) electrons. The van der Waals surface area contributed by atoms with Gasteiger partial charge in [0.25, 0.3) is 0 Å². The molecule has 0 aromatic rings. The van der Waals surface area contributed by atoms with Crippen molar-refractivity contribution in [3.63, 3.8) is 0 Å². The Bertz CT molecular complexity index is 188. The van der Waals surface area contributed by atoms with Crippen molar-refractivity contribution in [2.24, 2.45) is 35.5 Å². The fourth-order valence-electron chi connectivity index (χ4n) is 3.83. The molecular formula is C14H26. The Morgan fingerprint density at radius 1 is 0.929 bits per heavy atom. The predicted molar refractivity (Wildman–Crippen MR) is 62.1 cm³/mol. The van der Waals surface area contributed by atoms with E-state index in [0.29, 0.717) is 0 Å². The topological polar surface area (TPSA) is 0 Å². The van der Waals surface area contributed by atoms with Crippen LogP contribution in [0.25, 0.3) is 0 Å². The summed E-state index contributed by atoms with van der Waals surface area (Å²) in [5, 5.41) is 0. The van der Waals surface area contributed by atoms with E-state index >= 15 is 0 Å². The summed E-state index contributed by atoms with van der Waals surface area (Å²) in [7, 11) is 0. The molecule has 2 aliphatic rings. The van der Waals surface area contributed by atoms with Gasteiger partial charge in [-0.15, -0.1) is 0 Å². The van der Waals surface area contributed by atoms with E-state index in [1.807, 2.05) is 0 Å². The van der Waals surface area contributed by atoms with Crippen molar-refractivity contribution in [2.45, 2.75) is 53.4 Å². The van der Waals surface area contributed by atoms with Gasteiger partial charge in [0, 0.05) is 0 Å². The molecule has 14 heavy (non-hydrogen) atoms. The van der Waals surface area contributed by atoms with Crippen molar-refractivity contribution < 1.29 is 0 Å². The van der Waals surface area contributed by atoms with Crippen molar-refractivity contribution in [3.8, 4) is 0 Å². The summed E-state index contributed by atoms with van der Waals surface area (Å²) in [4.78, 5) is 0. The lowest BCUT2D eigenvalue weighted by Gasteiger charge is -2.55. The highest BCUT2D eigenvalue weighted by atomic mass is 14.5. The molecule has 0 amide bonds. The van der Waals surface area contributed by atoms with Crippen LogP contribution in [0.1, 0.15) is 53.4 Å². The normalized spacial score (nSPS) is 38.6. The molecule has 0 bridgehead atoms. The van der Waals surface area contributed by atoms with Gasteiger partial charge in [0.2, 0.25) is 0 Å². The van der Waals surface area contributed by atoms with Gasteiger partial charge in [-0.2, -0.15) is 0 Å². The van der Waals surface area contributed by atoms with E-state index in [-0.39, 0.29) is 0 Å². The lowest BCUT2D eigenvalue weighted by molar-refractivity contribution is -0.0565. The zero-order valence-electron chi connectivity index (χ0n) is 10.3. The van der Waals surface area contributed by atoms with Gasteiger partial charge < -0.3 is 0 Å². The molecule has 0 nitrogen and oxygen atoms in total. The SMILES string of the molecule is CC(C)C1CC(C2CCC2)C1C(C)C. The first-order valence-corrected chi connectivity index (χ1v) is 6.61. The maximum absolute atomic E-state index is 2.44. The molecule has 0 aromatic heterocycles. The Morgan fingerprint density at radius 2 is 1.57 bits per heavy atom. The zero-order chi connectivity index (χ0) is 10.3. The monoisotopic (exact) mass is 194 g/mol. The molecule has 0 heteroatoms. The average molecular weight is 194 g/mol. The van der Waals surface area contributed by atoms with Crippen molar-refractivity contribution in [1.82, 2.24) is 0 Å². The lowest BCUT2D eigenvalue weighted by Crippen LogP contribution is -2.47. The third kappa shape index (κ3) is 1.61. The number of hydrogen-bond donors (Lipinski definition) is 0. The van der Waals surface area contributed by atoms with Crippen LogP contribution in [-0.2, 0) is 0 Å². The second kappa shape index (κ2) is 3.87. The van der Waals surface area contributed by atoms with E-state index in [1.165, 1.54) is 6.42 Å². The van der Waals surface area contributed by atoms with E-state index in [2.05, 4.69) is 27.7 Å². The molecule has 0 aliphatic heterocycles. The van der Waals surface area contributed by atoms with Gasteiger partial charge >= 0.3 is 0 Å². The molecule has 0 heterocycles. The van der Waals surface area contributed by atoms with Gasteiger partial charge in [-0.25, -0.2) is 0 Å². The number of hydrogen-bond acceptors (Lipinski definition) is 0. The van der Waals surface area contributed by atoms with E-state index in [9.17, 15) is 0 Å². The second-order valence-corrected chi connectivity index (χ2v) is 6.32. The molecule has 2 rings (SSSR count). The molecule has 0 N–H and O–H groups in total. The van der Waals surface area contributed by atoms with Crippen LogP contribution in [-0.4, -0.2) is 0 Å². The molecule has 2 fully saturated rings. The smallest absolute Gasteiger partial charge is 0.0329 e. The summed E-state index contributed by atoms with van der Waals surface area (Å²) in [5.74, 6) is 6.16. The van der Waals surface area contributed by atoms with Crippen LogP contribution >= 0.6 is 0 Å². The van der Waals surface area contributed by atoms with Gasteiger partial charge in [-0.05, 0) is 41.9 Å². The summed E-state index contributed by atoms with van der Waals surface area (Å²) >= 11 is 0. The molecule has 0 spiro atoms. The number of rotatable bonds is 3. The molecule has 3 unspecified atom stereocenters. The molecular weight excluding hydrogens is 168 g/mol. The van der Waals surface area contributed by atoms with E-state index in [4.69, 9.17) is 0 Å². The van der Waals surface area contributed by atoms with Crippen molar-refractivity contribution in [2.75, 3.05) is 0 Å². The summed E-state index contributed by atoms with van der Waals surface area (Å²) in [6.07, 6.45) is 6.14. The van der Waals surface area contributed by atoms with Crippen LogP contribution in [0.3, 0.4) is 0 Å². The highest BCUT2D eigenvalue weighted by Crippen LogP contribution is 2.55. The summed E-state index contributed by atoms with van der Waals surface area (Å²) in [6, 6.07) is 0. The third-order valence-electron chi connectivity index (χ3n) is 4.91. The standard InChI is InChI=1S/C14H26/c1-9(2)12-8-13(11-6-5-7-11)14(12)10(3)4/h9-14H,5-8H2,1-4H3. The Morgan fingerprint density at radius 3 is 1.93 bits per heavy atom. The zero-order valence-corrected chi connectivity index (χ0v) is 10.3. The molecule has 82 valence electrons. The van der Waals surface area contributed by atoms with Crippen LogP contribution in [0.2, 0.25) is 0 Å². The highest BCUT2D eigenvalue weighted by molar-refractivity contribution is 4.97. The fourth-order valence-corrected chi connectivity index (χ4v) is 3.83. The maximum Gasteiger partial charge on any atom is -0.0329 e. The summed E-state index contributed by atoms with van der Waals surface area (Å²) in [5.41, 5.74) is 0. The Hall–Kier alpha value is 0. The van der Waals surface area contributed by atoms with Crippen LogP contribution in [0, 0.1) is 35.5 Å². The van der Waals surface area contributed by atoms with Crippen LogP contribution in [0.5, 0.6) is 0 Å². The molecule has 3 atom stereocenters. The van der Waals surface area contributed by atoms with Gasteiger partial charge in [-0.3, -0.25) is 0 Å².